The molecule has 3 rings (SSSR count). The molecule has 2 heterocycles. The van der Waals surface area contributed by atoms with Crippen LogP contribution in [0.25, 0.3) is 11.5 Å². The summed E-state index contributed by atoms with van der Waals surface area (Å²) in [6.07, 6.45) is -2.97. The van der Waals surface area contributed by atoms with Crippen molar-refractivity contribution in [1.82, 2.24) is 25.3 Å². The molecule has 1 amide bonds. The van der Waals surface area contributed by atoms with Crippen LogP contribution in [0.3, 0.4) is 0 Å². The van der Waals surface area contributed by atoms with Gasteiger partial charge in [-0.2, -0.15) is 26.3 Å². The van der Waals surface area contributed by atoms with E-state index in [2.05, 4.69) is 25.3 Å². The summed E-state index contributed by atoms with van der Waals surface area (Å²) in [7, 11) is 0. The molecule has 0 aliphatic heterocycles. The van der Waals surface area contributed by atoms with E-state index in [-0.39, 0.29) is 23.0 Å². The molecule has 1 aromatic carbocycles. The Morgan fingerprint density at radius 2 is 1.65 bits per heavy atom. The van der Waals surface area contributed by atoms with Crippen LogP contribution < -0.4 is 10.1 Å². The number of nitrogens with one attached hydrogen (secondary N) is 1. The van der Waals surface area contributed by atoms with E-state index in [0.29, 0.717) is 18.2 Å². The van der Waals surface area contributed by atoms with Crippen molar-refractivity contribution < 1.29 is 44.7 Å². The number of hydrogen-bond acceptors (Lipinski definition) is 7. The largest absolute Gasteiger partial charge is 0.484 e. The number of nitrogens with zero attached hydrogens (tertiary/aromatic N) is 4. The van der Waals surface area contributed by atoms with Crippen LogP contribution in [0.5, 0.6) is 5.75 Å². The fourth-order valence-electron chi connectivity index (χ4n) is 2.94. The van der Waals surface area contributed by atoms with Crippen LogP contribution in [0, 0.1) is 0 Å². The highest BCUT2D eigenvalue weighted by molar-refractivity contribution is 8.00. The van der Waals surface area contributed by atoms with E-state index in [1.165, 1.54) is 19.3 Å². The lowest BCUT2D eigenvalue weighted by atomic mass is 10.1. The van der Waals surface area contributed by atoms with Crippen LogP contribution in [0.1, 0.15) is 34.6 Å². The molecule has 0 saturated heterocycles. The summed E-state index contributed by atoms with van der Waals surface area (Å²) in [5.41, 5.74) is -6.83. The summed E-state index contributed by atoms with van der Waals surface area (Å²) in [6.45, 7) is 0.533. The molecule has 16 heteroatoms. The van der Waals surface area contributed by atoms with Gasteiger partial charge in [0.1, 0.15) is 12.3 Å². The van der Waals surface area contributed by atoms with Crippen molar-refractivity contribution in [1.29, 1.82) is 0 Å². The molecular formula is C21H15F8N5O2S. The molecule has 0 radical (unpaired) electrons. The SMILES string of the molecule is CC(NC(=O)c1cc(SC(F)(F)F)cc(C(F)(F)F)c1)c1nccnc1-c1ncc(OCC(F)F)cn1. The Hall–Kier alpha value is -3.56. The second-order valence-corrected chi connectivity index (χ2v) is 8.36. The van der Waals surface area contributed by atoms with Gasteiger partial charge in [-0.1, -0.05) is 0 Å². The Morgan fingerprint density at radius 3 is 2.24 bits per heavy atom. The predicted octanol–water partition coefficient (Wildman–Crippen LogP) is 5.70. The summed E-state index contributed by atoms with van der Waals surface area (Å²) < 4.78 is 107. The van der Waals surface area contributed by atoms with E-state index in [1.54, 1.807) is 0 Å². The lowest BCUT2D eigenvalue weighted by molar-refractivity contribution is -0.137. The van der Waals surface area contributed by atoms with E-state index in [1.807, 2.05) is 0 Å². The Bertz CT molecular complexity index is 1240. The quantitative estimate of drug-likeness (QED) is 0.283. The van der Waals surface area contributed by atoms with Gasteiger partial charge >= 0.3 is 11.7 Å². The van der Waals surface area contributed by atoms with Crippen molar-refractivity contribution in [2.24, 2.45) is 0 Å². The van der Waals surface area contributed by atoms with Crippen LogP contribution in [-0.4, -0.2) is 44.4 Å². The minimum absolute atomic E-state index is 0.0310. The minimum Gasteiger partial charge on any atom is -0.484 e. The Morgan fingerprint density at radius 1 is 1.00 bits per heavy atom. The van der Waals surface area contributed by atoms with Gasteiger partial charge in [0.15, 0.2) is 11.6 Å². The number of thioether (sulfide) groups is 1. The van der Waals surface area contributed by atoms with Gasteiger partial charge in [0.25, 0.3) is 12.3 Å². The fraction of sp³-hybridized carbons (Fsp3) is 0.286. The molecular weight excluding hydrogens is 538 g/mol. The molecule has 0 fully saturated rings. The molecule has 0 bridgehead atoms. The minimum atomic E-state index is -5.00. The van der Waals surface area contributed by atoms with Gasteiger partial charge < -0.3 is 10.1 Å². The molecule has 3 aromatic rings. The standard InChI is InChI=1S/C21H15F8N5O2S/c1-10(16-17(31-3-2-30-16)18-32-7-13(8-33-18)36-9-15(22)23)34-19(35)11-4-12(20(24,25)26)6-14(5-11)37-21(27,28)29/h2-8,10,15H,9H2,1H3,(H,34,35). The number of carbonyl (C=O) groups excluding carboxylic acids is 1. The zero-order chi connectivity index (χ0) is 27.4. The zero-order valence-corrected chi connectivity index (χ0v) is 19.3. The average Bonchev–Trinajstić information content (AvgIpc) is 2.81. The number of ether oxygens (including phenoxy) is 1. The van der Waals surface area contributed by atoms with E-state index in [4.69, 9.17) is 4.74 Å². The van der Waals surface area contributed by atoms with Gasteiger partial charge in [-0.15, -0.1) is 0 Å². The van der Waals surface area contributed by atoms with Gasteiger partial charge in [0, 0.05) is 22.9 Å². The second-order valence-electron chi connectivity index (χ2n) is 7.22. The number of hydrogen-bond donors (Lipinski definition) is 1. The first kappa shape index (κ1) is 28.0. The molecule has 37 heavy (non-hydrogen) atoms. The molecule has 0 spiro atoms. The van der Waals surface area contributed by atoms with Gasteiger partial charge in [0.05, 0.1) is 29.7 Å². The molecule has 0 aliphatic carbocycles. The van der Waals surface area contributed by atoms with Crippen molar-refractivity contribution in [3.05, 3.63) is 59.8 Å². The third kappa shape index (κ3) is 7.96. The molecule has 198 valence electrons. The van der Waals surface area contributed by atoms with E-state index in [0.717, 1.165) is 12.4 Å². The molecule has 2 aromatic heterocycles. The highest BCUT2D eigenvalue weighted by Crippen LogP contribution is 2.40. The Kier molecular flexibility index (Phi) is 8.50. The number of amides is 1. The Labute approximate surface area is 207 Å². The van der Waals surface area contributed by atoms with Crippen molar-refractivity contribution in [2.75, 3.05) is 6.61 Å². The maximum Gasteiger partial charge on any atom is 0.446 e. The highest BCUT2D eigenvalue weighted by Gasteiger charge is 2.35. The maximum atomic E-state index is 13.2. The molecule has 1 N–H and O–H groups in total. The zero-order valence-electron chi connectivity index (χ0n) is 18.4. The first-order chi connectivity index (χ1) is 17.2. The summed E-state index contributed by atoms with van der Waals surface area (Å²) in [5, 5.41) is 2.37. The third-order valence-electron chi connectivity index (χ3n) is 4.43. The van der Waals surface area contributed by atoms with Gasteiger partial charge in [0.2, 0.25) is 0 Å². The molecule has 7 nitrogen and oxygen atoms in total. The van der Waals surface area contributed by atoms with E-state index < -0.39 is 64.5 Å². The smallest absolute Gasteiger partial charge is 0.446 e. The third-order valence-corrected chi connectivity index (χ3v) is 5.13. The molecule has 0 aliphatic rings. The van der Waals surface area contributed by atoms with Crippen molar-refractivity contribution in [3.8, 4) is 17.3 Å². The van der Waals surface area contributed by atoms with Gasteiger partial charge in [-0.05, 0) is 36.9 Å². The number of benzene rings is 1. The normalized spacial score (nSPS) is 12.9. The summed E-state index contributed by atoms with van der Waals surface area (Å²) in [5.74, 6) is -1.18. The van der Waals surface area contributed by atoms with E-state index in [9.17, 15) is 39.9 Å². The number of halogens is 8. The van der Waals surface area contributed by atoms with Crippen molar-refractivity contribution in [3.63, 3.8) is 0 Å². The lowest BCUT2D eigenvalue weighted by Gasteiger charge is -2.17. The van der Waals surface area contributed by atoms with Crippen molar-refractivity contribution >= 4 is 17.7 Å². The van der Waals surface area contributed by atoms with Crippen LogP contribution in [0.15, 0.2) is 47.9 Å². The predicted molar refractivity (Wildman–Crippen MR) is 114 cm³/mol. The number of alkyl halides is 8. The van der Waals surface area contributed by atoms with E-state index >= 15 is 0 Å². The molecule has 0 saturated carbocycles. The average molecular weight is 553 g/mol. The topological polar surface area (TPSA) is 89.9 Å². The lowest BCUT2D eigenvalue weighted by Crippen LogP contribution is -2.28. The summed E-state index contributed by atoms with van der Waals surface area (Å²) in [6, 6.07) is 0.406. The first-order valence-electron chi connectivity index (χ1n) is 10.1. The number of carbonyl (C=O) groups is 1. The summed E-state index contributed by atoms with van der Waals surface area (Å²) >= 11 is -0.787. The first-order valence-corrected chi connectivity index (χ1v) is 10.9. The molecule has 1 unspecified atom stereocenters. The fourth-order valence-corrected chi connectivity index (χ4v) is 3.58. The van der Waals surface area contributed by atoms with Gasteiger partial charge in [-0.3, -0.25) is 9.78 Å². The number of rotatable bonds is 8. The maximum absolute atomic E-state index is 13.2. The Balaban J connectivity index is 1.85. The monoisotopic (exact) mass is 553 g/mol. The summed E-state index contributed by atoms with van der Waals surface area (Å²) in [4.78, 5) is 28.0. The van der Waals surface area contributed by atoms with Crippen LogP contribution >= 0.6 is 11.8 Å². The van der Waals surface area contributed by atoms with Crippen LogP contribution in [0.2, 0.25) is 0 Å². The van der Waals surface area contributed by atoms with Crippen LogP contribution in [-0.2, 0) is 6.18 Å². The second kappa shape index (κ2) is 11.2. The molecule has 1 atom stereocenters. The van der Waals surface area contributed by atoms with Gasteiger partial charge in [-0.25, -0.2) is 23.7 Å². The highest BCUT2D eigenvalue weighted by atomic mass is 32.2. The van der Waals surface area contributed by atoms with Crippen molar-refractivity contribution in [2.45, 2.75) is 36.0 Å². The van der Waals surface area contributed by atoms with Crippen LogP contribution in [0.4, 0.5) is 35.1 Å². The number of aromatic nitrogens is 4.